The summed E-state index contributed by atoms with van der Waals surface area (Å²) < 4.78 is 0. The van der Waals surface area contributed by atoms with Gasteiger partial charge in [-0.25, -0.2) is 0 Å². The summed E-state index contributed by atoms with van der Waals surface area (Å²) in [6.07, 6.45) is 0. The number of hydrogen-bond donors (Lipinski definition) is 0. The molecule has 4 heteroatoms. The van der Waals surface area contributed by atoms with Crippen molar-refractivity contribution in [1.82, 2.24) is 0 Å². The van der Waals surface area contributed by atoms with Gasteiger partial charge in [0.2, 0.25) is 0 Å². The van der Waals surface area contributed by atoms with Gasteiger partial charge in [0.05, 0.1) is 0 Å². The first-order valence-corrected chi connectivity index (χ1v) is 0. The van der Waals surface area contributed by atoms with Crippen molar-refractivity contribution in [1.29, 1.82) is 0 Å². The standard InChI is InChI=1S/Cr.Mo.Ni.H2S/h;;;1H2. The molecule has 0 rings (SSSR count). The Labute approximate surface area is 67.9 Å². The summed E-state index contributed by atoms with van der Waals surface area (Å²) in [4.78, 5) is 0. The second-order valence-corrected chi connectivity index (χ2v) is 0. The van der Waals surface area contributed by atoms with E-state index in [0.717, 1.165) is 0 Å². The minimum atomic E-state index is 0. The first-order valence-electron chi connectivity index (χ1n) is 0. The van der Waals surface area contributed by atoms with Crippen LogP contribution in [0.3, 0.4) is 0 Å². The summed E-state index contributed by atoms with van der Waals surface area (Å²) in [6.45, 7) is 0. The van der Waals surface area contributed by atoms with Crippen LogP contribution in [-0.2, 0) is 54.9 Å². The molecule has 0 N–H and O–H groups in total. The Balaban J connectivity index is 0. The molecule has 0 aliphatic heterocycles. The SMILES string of the molecule is S.[Cr].[Mo].[Ni]. The van der Waals surface area contributed by atoms with Crippen LogP contribution < -0.4 is 0 Å². The fourth-order valence-electron chi connectivity index (χ4n) is 0. The largest absolute Gasteiger partial charge is 0.197 e. The van der Waals surface area contributed by atoms with Gasteiger partial charge in [0.25, 0.3) is 0 Å². The van der Waals surface area contributed by atoms with Crippen molar-refractivity contribution in [2.45, 2.75) is 0 Å². The maximum absolute atomic E-state index is 0. The fraction of sp³-hybridized carbons (Fsp3) is 0. The molecule has 0 bridgehead atoms. The average Bonchev–Trinajstić information content (AvgIpc) is 0. The molecule has 0 saturated heterocycles. The molecule has 0 nitrogen and oxygen atoms in total. The Morgan fingerprint density at radius 1 is 1.00 bits per heavy atom. The Hall–Kier alpha value is 2.06. The molecule has 0 atom stereocenters. The Kier molecular flexibility index (Phi) is 179. The van der Waals surface area contributed by atoms with Crippen LogP contribution in [0.1, 0.15) is 0 Å². The Morgan fingerprint density at radius 3 is 1.00 bits per heavy atom. The first kappa shape index (κ1) is 36.5. The molecule has 0 aromatic heterocycles. The molecule has 0 radical (unpaired) electrons. The molecule has 0 aliphatic carbocycles. The van der Waals surface area contributed by atoms with Gasteiger partial charge in [0, 0.05) is 54.9 Å². The molecule has 0 unspecified atom stereocenters. The molecular weight excluding hydrogens is 239 g/mol. The summed E-state index contributed by atoms with van der Waals surface area (Å²) in [5, 5.41) is 0. The van der Waals surface area contributed by atoms with Gasteiger partial charge in [-0.05, 0) is 0 Å². The third kappa shape index (κ3) is 8.96. The smallest absolute Gasteiger partial charge is 0 e. The molecule has 0 aromatic rings. The summed E-state index contributed by atoms with van der Waals surface area (Å²) >= 11 is 0. The Bertz CT molecular complexity index is 8.00. The molecule has 0 amide bonds. The van der Waals surface area contributed by atoms with Gasteiger partial charge in [0.15, 0.2) is 0 Å². The molecule has 0 spiro atoms. The van der Waals surface area contributed by atoms with Crippen LogP contribution in [0, 0.1) is 0 Å². The third-order valence-corrected chi connectivity index (χ3v) is 0. The normalized spacial score (nSPS) is 0. The van der Waals surface area contributed by atoms with Gasteiger partial charge >= 0.3 is 0 Å². The van der Waals surface area contributed by atoms with E-state index in [1.54, 1.807) is 0 Å². The van der Waals surface area contributed by atoms with Crippen LogP contribution in [-0.4, -0.2) is 0 Å². The molecule has 4 heavy (non-hydrogen) atoms. The molecular formula is H2CrMoNiS. The third-order valence-electron chi connectivity index (χ3n) is 0. The van der Waals surface area contributed by atoms with Crippen molar-refractivity contribution in [3.05, 3.63) is 0 Å². The van der Waals surface area contributed by atoms with Gasteiger partial charge in [-0.1, -0.05) is 0 Å². The van der Waals surface area contributed by atoms with Crippen LogP contribution in [0.2, 0.25) is 0 Å². The molecule has 0 aromatic carbocycles. The van der Waals surface area contributed by atoms with Crippen molar-refractivity contribution in [2.24, 2.45) is 0 Å². The van der Waals surface area contributed by atoms with Crippen molar-refractivity contribution in [3.8, 4) is 0 Å². The summed E-state index contributed by atoms with van der Waals surface area (Å²) in [7, 11) is 0. The quantitative estimate of drug-likeness (QED) is 0.527. The van der Waals surface area contributed by atoms with E-state index in [1.165, 1.54) is 0 Å². The zero-order chi connectivity index (χ0) is 0. The molecule has 0 heterocycles. The van der Waals surface area contributed by atoms with Crippen LogP contribution in [0.15, 0.2) is 0 Å². The minimum absolute atomic E-state index is 0. The van der Waals surface area contributed by atoms with Crippen molar-refractivity contribution >= 4 is 13.5 Å². The topological polar surface area (TPSA) is 0 Å². The van der Waals surface area contributed by atoms with Gasteiger partial charge in [-0.3, -0.25) is 0 Å². The first-order chi connectivity index (χ1) is 0. The van der Waals surface area contributed by atoms with Crippen molar-refractivity contribution < 1.29 is 54.9 Å². The number of hydrogen-bond acceptors (Lipinski definition) is 0. The van der Waals surface area contributed by atoms with E-state index >= 15 is 0 Å². The van der Waals surface area contributed by atoms with E-state index in [4.69, 9.17) is 0 Å². The van der Waals surface area contributed by atoms with Gasteiger partial charge in [-0.15, -0.1) is 0 Å². The zero-order valence-electron chi connectivity index (χ0n) is 1.63. The monoisotopic (exact) mass is 242 g/mol. The van der Waals surface area contributed by atoms with Crippen LogP contribution in [0.25, 0.3) is 0 Å². The van der Waals surface area contributed by atoms with E-state index in [9.17, 15) is 0 Å². The van der Waals surface area contributed by atoms with Crippen molar-refractivity contribution in [3.63, 3.8) is 0 Å². The van der Waals surface area contributed by atoms with E-state index in [-0.39, 0.29) is 68.4 Å². The molecule has 0 aliphatic rings. The van der Waals surface area contributed by atoms with Crippen LogP contribution in [0.5, 0.6) is 0 Å². The van der Waals surface area contributed by atoms with E-state index in [1.807, 2.05) is 0 Å². The second kappa shape index (κ2) is 19.6. The Morgan fingerprint density at radius 2 is 1.00 bits per heavy atom. The van der Waals surface area contributed by atoms with E-state index in [2.05, 4.69) is 0 Å². The zero-order valence-corrected chi connectivity index (χ0v) is 6.90. The van der Waals surface area contributed by atoms with Gasteiger partial charge in [-0.2, -0.15) is 13.5 Å². The summed E-state index contributed by atoms with van der Waals surface area (Å²) in [5.74, 6) is 0. The van der Waals surface area contributed by atoms with Crippen LogP contribution in [0.4, 0.5) is 0 Å². The van der Waals surface area contributed by atoms with E-state index < -0.39 is 0 Å². The van der Waals surface area contributed by atoms with E-state index in [0.29, 0.717) is 0 Å². The predicted octanol–water partition coefficient (Wildman–Crippen LogP) is 0.105. The van der Waals surface area contributed by atoms with Crippen LogP contribution >= 0.6 is 13.5 Å². The van der Waals surface area contributed by atoms with Gasteiger partial charge < -0.3 is 0 Å². The summed E-state index contributed by atoms with van der Waals surface area (Å²) in [6, 6.07) is 0. The minimum Gasteiger partial charge on any atom is -0.197 e. The summed E-state index contributed by atoms with van der Waals surface area (Å²) in [5.41, 5.74) is 0. The maximum atomic E-state index is 0. The molecule has 0 fully saturated rings. The predicted molar refractivity (Wildman–Crippen MR) is 10.4 cm³/mol. The molecule has 0 saturated carbocycles. The maximum Gasteiger partial charge on any atom is 0 e. The van der Waals surface area contributed by atoms with Gasteiger partial charge in [0.1, 0.15) is 0 Å². The fourth-order valence-corrected chi connectivity index (χ4v) is 0. The molecule has 30 valence electrons. The number of rotatable bonds is 0. The second-order valence-electron chi connectivity index (χ2n) is 0. The van der Waals surface area contributed by atoms with Crippen molar-refractivity contribution in [2.75, 3.05) is 0 Å². The average molecular weight is 241 g/mol.